The van der Waals surface area contributed by atoms with Crippen LogP contribution in [0.15, 0.2) is 126 Å². The Balaban J connectivity index is 0.000000200. The monoisotopic (exact) mass is 1530 g/mol. The van der Waals surface area contributed by atoms with Crippen molar-refractivity contribution in [3.8, 4) is 45.5 Å². The minimum Gasteiger partial charge on any atom is -0.388 e. The van der Waals surface area contributed by atoms with Crippen LogP contribution in [0.4, 0.5) is 11.4 Å². The van der Waals surface area contributed by atoms with Gasteiger partial charge in [-0.15, -0.1) is 20.4 Å². The molecular weight excluding hydrogens is 1430 g/mol. The number of aromatic amines is 2. The van der Waals surface area contributed by atoms with Gasteiger partial charge in [-0.05, 0) is 116 Å². The standard InChI is InChI=1S/C15H24ClN3O3S.C13H22ClN3O2S.2C12H16N4.C11H14N4.C11H13N3O2/c1-15(2,3)12-10-13(14(16)17-11-12)18-23(20,21)9-6-19-4-7-22-8-5-19;1-13(2,3)10-8-11(12(14)15-9-10)16-20(18,19)7-6-17(4)5;1-12(2,3)10-5-9(6-13-7-10)11-15-14-8-16(11)4;1-12(2,3)10-5-9(6-13-7-10)11-8-16(4)15-14-11;1-11(2,3)9-4-8(5-12-6-9)10-13-7-14-15-10;1-11(2,3)8-4-7(5-12-6-8)9-13-14-10(15)16-9/h10-11,18H,4-9H2,1-3H3;8-9,16H,6-7H2,1-5H3;2*5-8H,1-4H3;4-7H,1-3H3,(H,13,14,15);4-6H,1-3H3,(H,14,15). The number of pyridine rings is 6. The molecule has 1 saturated heterocycles. The fourth-order valence-electron chi connectivity index (χ4n) is 9.30. The number of morpholine rings is 1. The Kier molecular flexibility index (Phi) is 29.8. The average molecular weight is 1540 g/mol. The van der Waals surface area contributed by atoms with Crippen LogP contribution in [0.2, 0.25) is 10.3 Å². The number of rotatable bonds is 14. The van der Waals surface area contributed by atoms with Crippen molar-refractivity contribution in [2.24, 2.45) is 14.1 Å². The normalized spacial score (nSPS) is 13.1. The third-order valence-corrected chi connectivity index (χ3v) is 19.3. The molecule has 32 heteroatoms. The van der Waals surface area contributed by atoms with E-state index in [-0.39, 0.29) is 60.2 Å². The second-order valence-electron chi connectivity index (χ2n) is 31.9. The van der Waals surface area contributed by atoms with Crippen LogP contribution >= 0.6 is 23.2 Å². The Bertz CT molecular complexity index is 4720. The molecule has 1 fully saturated rings. The third kappa shape index (κ3) is 27.8. The fraction of sp³-hybridized carbons (Fsp3) is 0.486. The molecular formula is C74H105Cl2N21O7S2. The number of ether oxygens (including phenoxy) is 1. The van der Waals surface area contributed by atoms with E-state index >= 15 is 0 Å². The van der Waals surface area contributed by atoms with Gasteiger partial charge in [-0.2, -0.15) is 5.10 Å². The van der Waals surface area contributed by atoms with Crippen LogP contribution in [-0.4, -0.2) is 177 Å². The van der Waals surface area contributed by atoms with Gasteiger partial charge in [0.2, 0.25) is 20.0 Å². The van der Waals surface area contributed by atoms with Crippen molar-refractivity contribution < 1.29 is 26.0 Å². The summed E-state index contributed by atoms with van der Waals surface area (Å²) < 4.78 is 67.4. The molecule has 1 aliphatic rings. The minimum atomic E-state index is -3.48. The molecule has 0 atom stereocenters. The second-order valence-corrected chi connectivity index (χ2v) is 36.3. The highest BCUT2D eigenvalue weighted by molar-refractivity contribution is 7.93. The molecule has 0 saturated carbocycles. The summed E-state index contributed by atoms with van der Waals surface area (Å²) >= 11 is 12.0. The predicted molar refractivity (Wildman–Crippen MR) is 420 cm³/mol. The van der Waals surface area contributed by atoms with Gasteiger partial charge in [-0.25, -0.2) is 41.7 Å². The lowest BCUT2D eigenvalue weighted by Crippen LogP contribution is -2.39. The number of H-pyrrole nitrogens is 2. The summed E-state index contributed by atoms with van der Waals surface area (Å²) in [6.07, 6.45) is 23.0. The number of anilines is 2. The quantitative estimate of drug-likeness (QED) is 0.0735. The van der Waals surface area contributed by atoms with Gasteiger partial charge in [-0.1, -0.05) is 153 Å². The smallest absolute Gasteiger partial charge is 0.388 e. The maximum absolute atomic E-state index is 12.3. The summed E-state index contributed by atoms with van der Waals surface area (Å²) in [5, 5.41) is 28.9. The summed E-state index contributed by atoms with van der Waals surface area (Å²) in [4.78, 5) is 43.8. The van der Waals surface area contributed by atoms with Crippen molar-refractivity contribution >= 4 is 54.6 Å². The molecule has 0 aromatic carbocycles. The number of hydrogen-bond acceptors (Lipinski definition) is 22. The van der Waals surface area contributed by atoms with Crippen LogP contribution in [0.25, 0.3) is 45.5 Å². The lowest BCUT2D eigenvalue weighted by molar-refractivity contribution is 0.0408. The number of aryl methyl sites for hydroxylation is 2. The molecule has 0 amide bonds. The van der Waals surface area contributed by atoms with E-state index < -0.39 is 25.8 Å². The van der Waals surface area contributed by atoms with Crippen molar-refractivity contribution in [1.29, 1.82) is 0 Å². The molecule has 574 valence electrons. The SMILES string of the molecule is CC(C)(C)c1cnc(Cl)c(NS(=O)(=O)CCN2CCOCC2)c1.CC(C)(C)c1cncc(-c2n[nH]c(=O)o2)c1.CC(C)(C)c1cncc(-c2ncn[nH]2)c1.CN(C)CCS(=O)(=O)Nc1cc(C(C)(C)C)cnc1Cl.Cn1cc(-c2cncc(C(C)(C)C)c2)nn1.Cn1cnnc1-c1cncc(C(C)(C)C)c1. The molecule has 0 bridgehead atoms. The van der Waals surface area contributed by atoms with Gasteiger partial charge in [0.05, 0.1) is 47.9 Å². The van der Waals surface area contributed by atoms with Crippen molar-refractivity contribution in [2.75, 3.05) is 74.4 Å². The van der Waals surface area contributed by atoms with E-state index in [0.29, 0.717) is 43.2 Å². The number of aromatic nitrogens is 17. The van der Waals surface area contributed by atoms with Crippen LogP contribution in [0.3, 0.4) is 0 Å². The molecule has 0 spiro atoms. The van der Waals surface area contributed by atoms with Crippen LogP contribution in [-0.2, 0) is 71.4 Å². The number of nitrogens with one attached hydrogen (secondary N) is 4. The van der Waals surface area contributed by atoms with Crippen LogP contribution in [0.5, 0.6) is 0 Å². The van der Waals surface area contributed by atoms with Crippen molar-refractivity contribution in [2.45, 2.75) is 157 Å². The van der Waals surface area contributed by atoms with Crippen molar-refractivity contribution in [1.82, 2.24) is 94.8 Å². The first-order chi connectivity index (χ1) is 49.2. The van der Waals surface area contributed by atoms with Crippen LogP contribution in [0.1, 0.15) is 158 Å². The zero-order chi connectivity index (χ0) is 78.8. The molecule has 11 heterocycles. The van der Waals surface area contributed by atoms with Gasteiger partial charge >= 0.3 is 5.76 Å². The van der Waals surface area contributed by atoms with Gasteiger partial charge in [-0.3, -0.25) is 44.1 Å². The number of sulfonamides is 2. The fourth-order valence-corrected chi connectivity index (χ4v) is 12.0. The Hall–Kier alpha value is -8.78. The van der Waals surface area contributed by atoms with E-state index in [2.05, 4.69) is 191 Å². The molecule has 0 radical (unpaired) electrons. The molecule has 0 aliphatic carbocycles. The summed E-state index contributed by atoms with van der Waals surface area (Å²) in [6, 6.07) is 11.7. The Morgan fingerprint density at radius 2 is 0.972 bits per heavy atom. The molecule has 28 nitrogen and oxygen atoms in total. The zero-order valence-corrected chi connectivity index (χ0v) is 68.3. The lowest BCUT2D eigenvalue weighted by atomic mass is 9.87. The first-order valence-corrected chi connectivity index (χ1v) is 38.5. The first kappa shape index (κ1) is 86.1. The van der Waals surface area contributed by atoms with E-state index in [1.54, 1.807) is 54.1 Å². The molecule has 1 aliphatic heterocycles. The molecule has 4 N–H and O–H groups in total. The highest BCUT2D eigenvalue weighted by atomic mass is 35.5. The van der Waals surface area contributed by atoms with Gasteiger partial charge in [0, 0.05) is 119 Å². The summed E-state index contributed by atoms with van der Waals surface area (Å²) in [7, 11) is 0.529. The van der Waals surface area contributed by atoms with E-state index in [1.165, 1.54) is 23.0 Å². The van der Waals surface area contributed by atoms with Crippen molar-refractivity contribution in [3.63, 3.8) is 0 Å². The highest BCUT2D eigenvalue weighted by Gasteiger charge is 2.24. The van der Waals surface area contributed by atoms with Gasteiger partial charge < -0.3 is 18.6 Å². The van der Waals surface area contributed by atoms with E-state index in [4.69, 9.17) is 32.4 Å². The van der Waals surface area contributed by atoms with E-state index in [1.807, 2.05) is 122 Å². The molecule has 0 unspecified atom stereocenters. The number of nitrogens with zero attached hydrogens (tertiary/aromatic N) is 17. The summed E-state index contributed by atoms with van der Waals surface area (Å²) in [5.41, 5.74) is 11.8. The average Bonchev–Trinajstić information content (AvgIpc) is 1.58. The Morgan fingerprint density at radius 3 is 1.39 bits per heavy atom. The van der Waals surface area contributed by atoms with E-state index in [9.17, 15) is 21.6 Å². The molecule has 11 rings (SSSR count). The molecule has 106 heavy (non-hydrogen) atoms. The van der Waals surface area contributed by atoms with Crippen LogP contribution in [0, 0.1) is 0 Å². The van der Waals surface area contributed by atoms with E-state index in [0.717, 1.165) is 63.8 Å². The minimum absolute atomic E-state index is 0.000385. The van der Waals surface area contributed by atoms with Gasteiger partial charge in [0.15, 0.2) is 22.0 Å². The zero-order valence-electron chi connectivity index (χ0n) is 65.2. The maximum atomic E-state index is 12.3. The Morgan fingerprint density at radius 1 is 0.538 bits per heavy atom. The second kappa shape index (κ2) is 36.7. The molecule has 10 aromatic rings. The largest absolute Gasteiger partial charge is 0.434 e. The van der Waals surface area contributed by atoms with Crippen molar-refractivity contribution in [3.05, 3.63) is 171 Å². The first-order valence-electron chi connectivity index (χ1n) is 34.4. The van der Waals surface area contributed by atoms with Gasteiger partial charge in [0.25, 0.3) is 5.89 Å². The maximum Gasteiger partial charge on any atom is 0.434 e. The third-order valence-electron chi connectivity index (χ3n) is 16.2. The summed E-state index contributed by atoms with van der Waals surface area (Å²) in [5.74, 6) is 1.34. The topological polar surface area (TPSA) is 347 Å². The summed E-state index contributed by atoms with van der Waals surface area (Å²) in [6.45, 7) is 41.7. The lowest BCUT2D eigenvalue weighted by Gasteiger charge is -2.26. The molecule has 10 aromatic heterocycles. The number of hydrogen-bond donors (Lipinski definition) is 4. The number of halogens is 2. The van der Waals surface area contributed by atoms with Crippen LogP contribution < -0.4 is 15.2 Å². The Labute approximate surface area is 634 Å². The predicted octanol–water partition coefficient (Wildman–Crippen LogP) is 12.7. The van der Waals surface area contributed by atoms with Gasteiger partial charge in [0.1, 0.15) is 18.3 Å². The highest BCUT2D eigenvalue weighted by Crippen LogP contribution is 2.33.